The zero-order valence-electron chi connectivity index (χ0n) is 17.4. The Morgan fingerprint density at radius 1 is 1.07 bits per heavy atom. The Kier molecular flexibility index (Phi) is 6.57. The van der Waals surface area contributed by atoms with Crippen molar-refractivity contribution < 1.29 is 9.53 Å². The topological polar surface area (TPSA) is 44.8 Å². The molecule has 0 bridgehead atoms. The molecular weight excluding hydrogens is 350 g/mol. The number of nitrogens with zero attached hydrogens (tertiary/aromatic N) is 2. The molecule has 0 fully saturated rings. The molecule has 0 saturated heterocycles. The fraction of sp³-hybridized carbons (Fsp3) is 0.435. The summed E-state index contributed by atoms with van der Waals surface area (Å²) in [4.78, 5) is 17.5. The van der Waals surface area contributed by atoms with Gasteiger partial charge in [-0.2, -0.15) is 0 Å². The first-order valence-corrected chi connectivity index (χ1v) is 10.2. The van der Waals surface area contributed by atoms with Gasteiger partial charge in [0.15, 0.2) is 0 Å². The van der Waals surface area contributed by atoms with Gasteiger partial charge in [0.25, 0.3) is 0 Å². The first-order valence-electron chi connectivity index (χ1n) is 10.2. The van der Waals surface area contributed by atoms with Gasteiger partial charge in [-0.3, -0.25) is 9.69 Å². The molecule has 5 nitrogen and oxygen atoms in total. The lowest BCUT2D eigenvalue weighted by atomic mass is 10.0. The summed E-state index contributed by atoms with van der Waals surface area (Å²) in [6.07, 6.45) is 2.79. The van der Waals surface area contributed by atoms with E-state index in [0.29, 0.717) is 6.54 Å². The van der Waals surface area contributed by atoms with Gasteiger partial charge >= 0.3 is 0 Å². The molecule has 1 aliphatic heterocycles. The highest BCUT2D eigenvalue weighted by molar-refractivity contribution is 5.98. The Morgan fingerprint density at radius 3 is 2.36 bits per heavy atom. The van der Waals surface area contributed by atoms with Crippen molar-refractivity contribution in [2.75, 3.05) is 35.5 Å². The number of amides is 1. The standard InChI is InChI=1S/C23H31N3O2/c1-5-17-11-10-12-18(6-2)23(17)26(16-28-4)22(27)15-25-20-14-9-8-13-19(20)24-21(25)7-3/h8-14,21,24H,5-7,15-16H2,1-4H3/t21-/m0/s1. The third kappa shape index (κ3) is 3.85. The molecule has 0 saturated carbocycles. The van der Waals surface area contributed by atoms with Crippen LogP contribution in [0.15, 0.2) is 42.5 Å². The molecule has 0 radical (unpaired) electrons. The van der Waals surface area contributed by atoms with Crippen molar-refractivity contribution in [3.63, 3.8) is 0 Å². The number of aryl methyl sites for hydroxylation is 2. The van der Waals surface area contributed by atoms with Crippen molar-refractivity contribution in [1.29, 1.82) is 0 Å². The van der Waals surface area contributed by atoms with Gasteiger partial charge in [0.2, 0.25) is 5.91 Å². The Balaban J connectivity index is 1.93. The van der Waals surface area contributed by atoms with Crippen LogP contribution in [0.2, 0.25) is 0 Å². The molecule has 1 amide bonds. The Morgan fingerprint density at radius 2 is 1.75 bits per heavy atom. The Bertz CT molecular complexity index is 799. The number of carbonyl (C=O) groups is 1. The molecule has 2 aromatic rings. The van der Waals surface area contributed by atoms with Crippen LogP contribution < -0.4 is 15.1 Å². The molecule has 0 spiro atoms. The summed E-state index contributed by atoms with van der Waals surface area (Å²) in [5.74, 6) is 0.0504. The average Bonchev–Trinajstić information content (AvgIpc) is 3.09. The van der Waals surface area contributed by atoms with E-state index in [0.717, 1.165) is 36.3 Å². The molecule has 0 aliphatic carbocycles. The van der Waals surface area contributed by atoms with Crippen LogP contribution in [0.3, 0.4) is 0 Å². The summed E-state index contributed by atoms with van der Waals surface area (Å²) in [7, 11) is 1.64. The van der Waals surface area contributed by atoms with Crippen LogP contribution in [0.1, 0.15) is 38.3 Å². The van der Waals surface area contributed by atoms with E-state index < -0.39 is 0 Å². The van der Waals surface area contributed by atoms with Crippen molar-refractivity contribution >= 4 is 23.0 Å². The van der Waals surface area contributed by atoms with Crippen LogP contribution in [0.4, 0.5) is 17.1 Å². The van der Waals surface area contributed by atoms with Crippen LogP contribution in [-0.4, -0.2) is 32.5 Å². The second-order valence-corrected chi connectivity index (χ2v) is 7.08. The lowest BCUT2D eigenvalue weighted by molar-refractivity contribution is -0.118. The Labute approximate surface area is 168 Å². The van der Waals surface area contributed by atoms with E-state index in [-0.39, 0.29) is 18.8 Å². The van der Waals surface area contributed by atoms with E-state index >= 15 is 0 Å². The van der Waals surface area contributed by atoms with E-state index in [4.69, 9.17) is 4.74 Å². The van der Waals surface area contributed by atoms with Crippen LogP contribution in [-0.2, 0) is 22.4 Å². The summed E-state index contributed by atoms with van der Waals surface area (Å²) in [6, 6.07) is 14.5. The summed E-state index contributed by atoms with van der Waals surface area (Å²) in [5, 5.41) is 3.52. The highest BCUT2D eigenvalue weighted by Gasteiger charge is 2.31. The molecule has 1 heterocycles. The van der Waals surface area contributed by atoms with E-state index in [1.165, 1.54) is 11.1 Å². The molecule has 150 valence electrons. The molecule has 3 rings (SSSR count). The molecule has 0 aromatic heterocycles. The minimum Gasteiger partial charge on any atom is -0.364 e. The molecular formula is C23H31N3O2. The van der Waals surface area contributed by atoms with Crippen molar-refractivity contribution in [3.05, 3.63) is 53.6 Å². The normalized spacial score (nSPS) is 15.3. The molecule has 28 heavy (non-hydrogen) atoms. The number of ether oxygens (including phenoxy) is 1. The second kappa shape index (κ2) is 9.11. The van der Waals surface area contributed by atoms with E-state index in [2.05, 4.69) is 61.3 Å². The molecule has 1 N–H and O–H groups in total. The molecule has 1 atom stereocenters. The predicted molar refractivity (Wildman–Crippen MR) is 116 cm³/mol. The van der Waals surface area contributed by atoms with E-state index in [1.807, 2.05) is 17.0 Å². The third-order valence-electron chi connectivity index (χ3n) is 5.40. The van der Waals surface area contributed by atoms with Crippen molar-refractivity contribution in [1.82, 2.24) is 0 Å². The SMILES string of the molecule is CCc1cccc(CC)c1N(COC)C(=O)CN1c2ccccc2N[C@@H]1CC. The summed E-state index contributed by atoms with van der Waals surface area (Å²) < 4.78 is 5.44. The maximum absolute atomic E-state index is 13.5. The summed E-state index contributed by atoms with van der Waals surface area (Å²) in [6.45, 7) is 6.95. The zero-order valence-corrected chi connectivity index (χ0v) is 17.4. The monoisotopic (exact) mass is 381 g/mol. The number of benzene rings is 2. The number of hydrogen-bond acceptors (Lipinski definition) is 4. The predicted octanol–water partition coefficient (Wildman–Crippen LogP) is 4.42. The van der Waals surface area contributed by atoms with Gasteiger partial charge in [0, 0.05) is 7.11 Å². The minimum atomic E-state index is 0.0504. The molecule has 1 aliphatic rings. The van der Waals surface area contributed by atoms with Crippen molar-refractivity contribution in [2.24, 2.45) is 0 Å². The number of para-hydroxylation sites is 3. The zero-order chi connectivity index (χ0) is 20.1. The van der Waals surface area contributed by atoms with Gasteiger partial charge < -0.3 is 15.0 Å². The average molecular weight is 382 g/mol. The van der Waals surface area contributed by atoms with E-state index in [1.54, 1.807) is 7.11 Å². The second-order valence-electron chi connectivity index (χ2n) is 7.08. The number of nitrogens with one attached hydrogen (secondary N) is 1. The van der Waals surface area contributed by atoms with Gasteiger partial charge in [-0.25, -0.2) is 0 Å². The summed E-state index contributed by atoms with van der Waals surface area (Å²) in [5.41, 5.74) is 5.53. The van der Waals surface area contributed by atoms with Gasteiger partial charge in [0.05, 0.1) is 29.8 Å². The van der Waals surface area contributed by atoms with Crippen molar-refractivity contribution in [2.45, 2.75) is 46.2 Å². The molecule has 2 aromatic carbocycles. The minimum absolute atomic E-state index is 0.0504. The van der Waals surface area contributed by atoms with Gasteiger partial charge in [-0.1, -0.05) is 51.1 Å². The number of carbonyl (C=O) groups excluding carboxylic acids is 1. The lowest BCUT2D eigenvalue weighted by Gasteiger charge is -2.31. The molecule has 5 heteroatoms. The number of fused-ring (bicyclic) bond motifs is 1. The first kappa shape index (κ1) is 20.2. The Hall–Kier alpha value is -2.53. The first-order chi connectivity index (χ1) is 13.6. The third-order valence-corrected chi connectivity index (χ3v) is 5.40. The summed E-state index contributed by atoms with van der Waals surface area (Å²) >= 11 is 0. The van der Waals surface area contributed by atoms with Crippen LogP contribution in [0.25, 0.3) is 0 Å². The van der Waals surface area contributed by atoms with Gasteiger partial charge in [-0.05, 0) is 42.5 Å². The quantitative estimate of drug-likeness (QED) is 0.688. The van der Waals surface area contributed by atoms with Gasteiger partial charge in [0.1, 0.15) is 6.73 Å². The van der Waals surface area contributed by atoms with E-state index in [9.17, 15) is 4.79 Å². The van der Waals surface area contributed by atoms with Crippen LogP contribution in [0.5, 0.6) is 0 Å². The number of methoxy groups -OCH3 is 1. The highest BCUT2D eigenvalue weighted by atomic mass is 16.5. The lowest BCUT2D eigenvalue weighted by Crippen LogP contribution is -2.45. The maximum Gasteiger partial charge on any atom is 0.248 e. The molecule has 0 unspecified atom stereocenters. The largest absolute Gasteiger partial charge is 0.364 e. The van der Waals surface area contributed by atoms with Gasteiger partial charge in [-0.15, -0.1) is 0 Å². The number of hydrogen-bond donors (Lipinski definition) is 1. The highest BCUT2D eigenvalue weighted by Crippen LogP contribution is 2.35. The van der Waals surface area contributed by atoms with Crippen LogP contribution in [0, 0.1) is 0 Å². The van der Waals surface area contributed by atoms with Crippen molar-refractivity contribution in [3.8, 4) is 0 Å². The number of rotatable bonds is 8. The number of anilines is 3. The fourth-order valence-corrected chi connectivity index (χ4v) is 3.97. The van der Waals surface area contributed by atoms with Crippen LogP contribution >= 0.6 is 0 Å². The smallest absolute Gasteiger partial charge is 0.248 e. The maximum atomic E-state index is 13.5. The fourth-order valence-electron chi connectivity index (χ4n) is 3.97.